The first kappa shape index (κ1) is 10.6. The zero-order valence-corrected chi connectivity index (χ0v) is 9.16. The van der Waals surface area contributed by atoms with Crippen LogP contribution in [0.3, 0.4) is 0 Å². The Kier molecular flexibility index (Phi) is 2.36. The van der Waals surface area contributed by atoms with E-state index < -0.39 is 17.9 Å². The maximum Gasteiger partial charge on any atom is 0.321 e. The number of tetrazole rings is 1. The largest absolute Gasteiger partial charge is 0.393 e. The Balaban J connectivity index is 1.97. The Bertz CT molecular complexity index is 609. The summed E-state index contributed by atoms with van der Waals surface area (Å²) in [6.45, 7) is 0. The Morgan fingerprint density at radius 3 is 2.89 bits per heavy atom. The SMILES string of the molecule is O=C1CC(c2cccc(-c3nn[nH]n3)c2)C(=O)O1. The van der Waals surface area contributed by atoms with Crippen LogP contribution in [0.2, 0.25) is 0 Å². The van der Waals surface area contributed by atoms with Gasteiger partial charge in [-0.05, 0) is 16.8 Å². The highest BCUT2D eigenvalue weighted by Crippen LogP contribution is 2.29. The van der Waals surface area contributed by atoms with E-state index in [4.69, 9.17) is 0 Å². The molecule has 0 aliphatic carbocycles. The summed E-state index contributed by atoms with van der Waals surface area (Å²) in [7, 11) is 0. The van der Waals surface area contributed by atoms with Crippen LogP contribution in [-0.2, 0) is 14.3 Å². The molecule has 90 valence electrons. The molecule has 0 saturated carbocycles. The lowest BCUT2D eigenvalue weighted by Crippen LogP contribution is -2.05. The number of H-pyrrole nitrogens is 1. The Morgan fingerprint density at radius 2 is 2.22 bits per heavy atom. The molecule has 1 aromatic heterocycles. The van der Waals surface area contributed by atoms with E-state index in [2.05, 4.69) is 25.4 Å². The first-order valence-electron chi connectivity index (χ1n) is 5.32. The van der Waals surface area contributed by atoms with Crippen LogP contribution in [0.25, 0.3) is 11.4 Å². The summed E-state index contributed by atoms with van der Waals surface area (Å²) < 4.78 is 4.53. The smallest absolute Gasteiger partial charge is 0.321 e. The fourth-order valence-electron chi connectivity index (χ4n) is 1.91. The van der Waals surface area contributed by atoms with Gasteiger partial charge in [0.1, 0.15) is 0 Å². The number of hydrogen-bond donors (Lipinski definition) is 1. The van der Waals surface area contributed by atoms with Gasteiger partial charge in [0.05, 0.1) is 12.3 Å². The molecule has 7 nitrogen and oxygen atoms in total. The predicted octanol–water partition coefficient (Wildman–Crippen LogP) is 0.424. The molecule has 1 atom stereocenters. The molecule has 1 aliphatic rings. The van der Waals surface area contributed by atoms with Crippen molar-refractivity contribution in [2.75, 3.05) is 0 Å². The van der Waals surface area contributed by atoms with Crippen LogP contribution in [0.5, 0.6) is 0 Å². The van der Waals surface area contributed by atoms with Gasteiger partial charge in [-0.3, -0.25) is 9.59 Å². The van der Waals surface area contributed by atoms with Crippen LogP contribution in [-0.4, -0.2) is 32.6 Å². The van der Waals surface area contributed by atoms with E-state index in [-0.39, 0.29) is 6.42 Å². The molecular weight excluding hydrogens is 236 g/mol. The van der Waals surface area contributed by atoms with Gasteiger partial charge in [-0.15, -0.1) is 10.2 Å². The number of carbonyl (C=O) groups is 2. The monoisotopic (exact) mass is 244 g/mol. The Hall–Kier alpha value is -2.57. The lowest BCUT2D eigenvalue weighted by molar-refractivity contribution is -0.152. The molecule has 18 heavy (non-hydrogen) atoms. The predicted molar refractivity (Wildman–Crippen MR) is 58.1 cm³/mol. The lowest BCUT2D eigenvalue weighted by atomic mass is 9.96. The maximum absolute atomic E-state index is 11.5. The average molecular weight is 244 g/mol. The zero-order valence-electron chi connectivity index (χ0n) is 9.16. The van der Waals surface area contributed by atoms with Crippen molar-refractivity contribution in [2.45, 2.75) is 12.3 Å². The molecule has 7 heteroatoms. The summed E-state index contributed by atoms with van der Waals surface area (Å²) in [4.78, 5) is 22.6. The maximum atomic E-state index is 11.5. The number of carbonyl (C=O) groups excluding carboxylic acids is 2. The topological polar surface area (TPSA) is 97.8 Å². The lowest BCUT2D eigenvalue weighted by Gasteiger charge is -2.05. The summed E-state index contributed by atoms with van der Waals surface area (Å²) in [6, 6.07) is 7.11. The first-order valence-corrected chi connectivity index (χ1v) is 5.32. The van der Waals surface area contributed by atoms with E-state index in [9.17, 15) is 9.59 Å². The standard InChI is InChI=1S/C11H8N4O3/c16-9-5-8(11(17)18-9)6-2-1-3-7(4-6)10-12-14-15-13-10/h1-4,8H,5H2,(H,12,13,14,15). The summed E-state index contributed by atoms with van der Waals surface area (Å²) in [5.74, 6) is -1.10. The number of cyclic esters (lactones) is 2. The number of nitrogens with zero attached hydrogens (tertiary/aromatic N) is 3. The zero-order chi connectivity index (χ0) is 12.5. The molecule has 1 aliphatic heterocycles. The molecule has 2 aromatic rings. The second kappa shape index (κ2) is 4.02. The number of aromatic nitrogens is 4. The molecule has 2 heterocycles. The minimum Gasteiger partial charge on any atom is -0.393 e. The number of benzene rings is 1. The molecule has 0 amide bonds. The van der Waals surface area contributed by atoms with Crippen LogP contribution in [0.4, 0.5) is 0 Å². The molecule has 1 aromatic carbocycles. The number of rotatable bonds is 2. The van der Waals surface area contributed by atoms with Crippen LogP contribution in [0.15, 0.2) is 24.3 Å². The van der Waals surface area contributed by atoms with Crippen molar-refractivity contribution in [1.82, 2.24) is 20.6 Å². The van der Waals surface area contributed by atoms with Crippen molar-refractivity contribution in [3.05, 3.63) is 29.8 Å². The van der Waals surface area contributed by atoms with E-state index >= 15 is 0 Å². The molecule has 3 rings (SSSR count). The van der Waals surface area contributed by atoms with Gasteiger partial charge in [-0.1, -0.05) is 18.2 Å². The summed E-state index contributed by atoms with van der Waals surface area (Å²) in [5, 5.41) is 13.5. The highest BCUT2D eigenvalue weighted by Gasteiger charge is 2.34. The van der Waals surface area contributed by atoms with Gasteiger partial charge >= 0.3 is 11.9 Å². The molecule has 0 radical (unpaired) electrons. The second-order valence-electron chi connectivity index (χ2n) is 3.91. The van der Waals surface area contributed by atoms with E-state index in [1.807, 2.05) is 0 Å². The number of ether oxygens (including phenoxy) is 1. The minimum atomic E-state index is -0.538. The third-order valence-electron chi connectivity index (χ3n) is 2.76. The van der Waals surface area contributed by atoms with E-state index in [0.717, 1.165) is 5.56 Å². The second-order valence-corrected chi connectivity index (χ2v) is 3.91. The molecule has 1 saturated heterocycles. The highest BCUT2D eigenvalue weighted by atomic mass is 16.6. The van der Waals surface area contributed by atoms with Crippen LogP contribution in [0, 0.1) is 0 Å². The number of aromatic amines is 1. The van der Waals surface area contributed by atoms with E-state index in [1.165, 1.54) is 0 Å². The molecule has 1 N–H and O–H groups in total. The van der Waals surface area contributed by atoms with Gasteiger partial charge in [0.2, 0.25) is 5.82 Å². The van der Waals surface area contributed by atoms with Crippen molar-refractivity contribution in [2.24, 2.45) is 0 Å². The number of hydrogen-bond acceptors (Lipinski definition) is 6. The van der Waals surface area contributed by atoms with Crippen LogP contribution < -0.4 is 0 Å². The molecule has 0 spiro atoms. The van der Waals surface area contributed by atoms with Crippen molar-refractivity contribution in [1.29, 1.82) is 0 Å². The van der Waals surface area contributed by atoms with Crippen molar-refractivity contribution in [3.8, 4) is 11.4 Å². The van der Waals surface area contributed by atoms with E-state index in [0.29, 0.717) is 11.4 Å². The third-order valence-corrected chi connectivity index (χ3v) is 2.76. The Morgan fingerprint density at radius 1 is 1.33 bits per heavy atom. The fourth-order valence-corrected chi connectivity index (χ4v) is 1.91. The van der Waals surface area contributed by atoms with Gasteiger partial charge in [0.15, 0.2) is 0 Å². The first-order chi connectivity index (χ1) is 8.74. The quantitative estimate of drug-likeness (QED) is 0.607. The van der Waals surface area contributed by atoms with Crippen LogP contribution >= 0.6 is 0 Å². The molecule has 1 fully saturated rings. The average Bonchev–Trinajstić information content (AvgIpc) is 2.99. The summed E-state index contributed by atoms with van der Waals surface area (Å²) in [6.07, 6.45) is 0.0779. The normalized spacial score (nSPS) is 19.0. The van der Waals surface area contributed by atoms with Gasteiger partial charge in [-0.2, -0.15) is 5.21 Å². The van der Waals surface area contributed by atoms with Crippen molar-refractivity contribution in [3.63, 3.8) is 0 Å². The van der Waals surface area contributed by atoms with Crippen molar-refractivity contribution >= 4 is 11.9 Å². The van der Waals surface area contributed by atoms with Gasteiger partial charge < -0.3 is 4.74 Å². The molecular formula is C11H8N4O3. The minimum absolute atomic E-state index is 0.0779. The number of nitrogens with one attached hydrogen (secondary N) is 1. The van der Waals surface area contributed by atoms with Gasteiger partial charge in [0, 0.05) is 5.56 Å². The highest BCUT2D eigenvalue weighted by molar-refractivity contribution is 5.98. The third kappa shape index (κ3) is 1.75. The summed E-state index contributed by atoms with van der Waals surface area (Å²) >= 11 is 0. The van der Waals surface area contributed by atoms with Gasteiger partial charge in [-0.25, -0.2) is 0 Å². The molecule has 1 unspecified atom stereocenters. The Labute approximate surface area is 101 Å². The van der Waals surface area contributed by atoms with E-state index in [1.54, 1.807) is 24.3 Å². The number of esters is 2. The fraction of sp³-hybridized carbons (Fsp3) is 0.182. The van der Waals surface area contributed by atoms with Crippen LogP contribution in [0.1, 0.15) is 17.9 Å². The van der Waals surface area contributed by atoms with Gasteiger partial charge in [0.25, 0.3) is 0 Å². The van der Waals surface area contributed by atoms with Crippen molar-refractivity contribution < 1.29 is 14.3 Å². The summed E-state index contributed by atoms with van der Waals surface area (Å²) in [5.41, 5.74) is 1.45. The molecule has 0 bridgehead atoms.